The summed E-state index contributed by atoms with van der Waals surface area (Å²) in [6.07, 6.45) is -0.521. The van der Waals surface area contributed by atoms with Crippen LogP contribution in [0.25, 0.3) is 0 Å². The Kier molecular flexibility index (Phi) is 4.23. The van der Waals surface area contributed by atoms with Crippen molar-refractivity contribution in [3.63, 3.8) is 0 Å². The normalized spacial score (nSPS) is 12.2. The highest BCUT2D eigenvalue weighted by Crippen LogP contribution is 2.29. The number of aliphatic hydroxyl groups excluding tert-OH is 1. The number of ether oxygens (including phenoxy) is 1. The lowest BCUT2D eigenvalue weighted by atomic mass is 10.1. The molecule has 2 heteroatoms. The quantitative estimate of drug-likeness (QED) is 0.898. The van der Waals surface area contributed by atoms with Gasteiger partial charge in [0.1, 0.15) is 12.4 Å². The average Bonchev–Trinajstić information content (AvgIpc) is 2.37. The van der Waals surface area contributed by atoms with Gasteiger partial charge in [-0.25, -0.2) is 0 Å². The van der Waals surface area contributed by atoms with Gasteiger partial charge in [0.05, 0.1) is 6.10 Å². The molecule has 0 aliphatic rings. The lowest BCUT2D eigenvalue weighted by molar-refractivity contribution is 0.189. The molecule has 2 aromatic rings. The number of aryl methyl sites for hydroxylation is 2. The van der Waals surface area contributed by atoms with E-state index in [2.05, 4.69) is 19.1 Å². The average molecular weight is 256 g/mol. The van der Waals surface area contributed by atoms with Crippen molar-refractivity contribution < 1.29 is 9.84 Å². The highest BCUT2D eigenvalue weighted by atomic mass is 16.5. The van der Waals surface area contributed by atoms with Gasteiger partial charge in [-0.3, -0.25) is 0 Å². The van der Waals surface area contributed by atoms with Gasteiger partial charge in [-0.15, -0.1) is 0 Å². The minimum atomic E-state index is -0.521. The largest absolute Gasteiger partial charge is 0.488 e. The van der Waals surface area contributed by atoms with E-state index in [9.17, 15) is 5.11 Å². The van der Waals surface area contributed by atoms with Crippen LogP contribution in [0.2, 0.25) is 0 Å². The van der Waals surface area contributed by atoms with Crippen LogP contribution in [0.15, 0.2) is 42.5 Å². The standard InChI is InChI=1S/C17H20O2/c1-12-6-4-8-15(10-12)11-19-17-13(2)7-5-9-16(17)14(3)18/h4-10,14,18H,11H2,1-3H3. The first-order valence-corrected chi connectivity index (χ1v) is 6.54. The molecule has 0 saturated carbocycles. The van der Waals surface area contributed by atoms with Gasteiger partial charge >= 0.3 is 0 Å². The third kappa shape index (κ3) is 3.36. The lowest BCUT2D eigenvalue weighted by Crippen LogP contribution is -2.02. The molecule has 1 atom stereocenters. The monoisotopic (exact) mass is 256 g/mol. The Labute approximate surface area is 114 Å². The minimum Gasteiger partial charge on any atom is -0.488 e. The maximum Gasteiger partial charge on any atom is 0.128 e. The number of aliphatic hydroxyl groups is 1. The first-order valence-electron chi connectivity index (χ1n) is 6.54. The van der Waals surface area contributed by atoms with E-state index >= 15 is 0 Å². The highest BCUT2D eigenvalue weighted by Gasteiger charge is 2.11. The number of benzene rings is 2. The molecule has 0 amide bonds. The van der Waals surface area contributed by atoms with Crippen molar-refractivity contribution in [2.24, 2.45) is 0 Å². The van der Waals surface area contributed by atoms with Crippen molar-refractivity contribution in [2.45, 2.75) is 33.5 Å². The summed E-state index contributed by atoms with van der Waals surface area (Å²) in [7, 11) is 0. The minimum absolute atomic E-state index is 0.520. The predicted molar refractivity (Wildman–Crippen MR) is 77.3 cm³/mol. The Morgan fingerprint density at radius 1 is 1.11 bits per heavy atom. The fourth-order valence-corrected chi connectivity index (χ4v) is 2.16. The fraction of sp³-hybridized carbons (Fsp3) is 0.294. The topological polar surface area (TPSA) is 29.5 Å². The molecule has 1 unspecified atom stereocenters. The third-order valence-corrected chi connectivity index (χ3v) is 3.16. The summed E-state index contributed by atoms with van der Waals surface area (Å²) in [6.45, 7) is 6.34. The highest BCUT2D eigenvalue weighted by molar-refractivity contribution is 5.42. The van der Waals surface area contributed by atoms with E-state index in [1.165, 1.54) is 5.56 Å². The molecule has 19 heavy (non-hydrogen) atoms. The molecule has 0 fully saturated rings. The molecular weight excluding hydrogens is 236 g/mol. The van der Waals surface area contributed by atoms with Crippen LogP contribution in [0.3, 0.4) is 0 Å². The van der Waals surface area contributed by atoms with Gasteiger partial charge in [0.15, 0.2) is 0 Å². The third-order valence-electron chi connectivity index (χ3n) is 3.16. The van der Waals surface area contributed by atoms with E-state index in [0.29, 0.717) is 6.61 Å². The van der Waals surface area contributed by atoms with Crippen molar-refractivity contribution in [1.82, 2.24) is 0 Å². The summed E-state index contributed by atoms with van der Waals surface area (Å²) < 4.78 is 5.91. The maximum atomic E-state index is 9.79. The first-order chi connectivity index (χ1) is 9.08. The van der Waals surface area contributed by atoms with Crippen LogP contribution in [0, 0.1) is 13.8 Å². The SMILES string of the molecule is Cc1cccc(COc2c(C)cccc2C(C)O)c1. The van der Waals surface area contributed by atoms with E-state index in [4.69, 9.17) is 4.74 Å². The summed E-state index contributed by atoms with van der Waals surface area (Å²) in [6, 6.07) is 14.1. The van der Waals surface area contributed by atoms with Gasteiger partial charge in [-0.05, 0) is 31.9 Å². The van der Waals surface area contributed by atoms with Gasteiger partial charge < -0.3 is 9.84 Å². The zero-order chi connectivity index (χ0) is 13.8. The van der Waals surface area contributed by atoms with Crippen molar-refractivity contribution in [1.29, 1.82) is 0 Å². The molecule has 0 aliphatic carbocycles. The molecule has 2 aromatic carbocycles. The smallest absolute Gasteiger partial charge is 0.128 e. The molecule has 0 heterocycles. The van der Waals surface area contributed by atoms with Gasteiger partial charge in [-0.2, -0.15) is 0 Å². The molecule has 1 N–H and O–H groups in total. The predicted octanol–water partition coefficient (Wildman–Crippen LogP) is 3.94. The summed E-state index contributed by atoms with van der Waals surface area (Å²) in [5.41, 5.74) is 4.25. The van der Waals surface area contributed by atoms with Crippen LogP contribution < -0.4 is 4.74 Å². The second kappa shape index (κ2) is 5.89. The summed E-state index contributed by atoms with van der Waals surface area (Å²) >= 11 is 0. The Morgan fingerprint density at radius 2 is 1.84 bits per heavy atom. The van der Waals surface area contributed by atoms with Crippen LogP contribution in [0.5, 0.6) is 5.75 Å². The van der Waals surface area contributed by atoms with Gasteiger partial charge in [0.25, 0.3) is 0 Å². The first kappa shape index (κ1) is 13.6. The fourth-order valence-electron chi connectivity index (χ4n) is 2.16. The van der Waals surface area contributed by atoms with Crippen molar-refractivity contribution >= 4 is 0 Å². The molecule has 0 saturated heterocycles. The van der Waals surface area contributed by atoms with Crippen LogP contribution in [0.1, 0.15) is 35.3 Å². The lowest BCUT2D eigenvalue weighted by Gasteiger charge is -2.16. The van der Waals surface area contributed by atoms with Crippen molar-refractivity contribution in [3.8, 4) is 5.75 Å². The Bertz CT molecular complexity index is 559. The van der Waals surface area contributed by atoms with E-state index in [1.54, 1.807) is 6.92 Å². The van der Waals surface area contributed by atoms with Crippen LogP contribution in [-0.2, 0) is 6.61 Å². The van der Waals surface area contributed by atoms with Crippen LogP contribution in [0.4, 0.5) is 0 Å². The molecule has 100 valence electrons. The summed E-state index contributed by atoms with van der Waals surface area (Å²) in [5.74, 6) is 0.791. The van der Waals surface area contributed by atoms with Crippen LogP contribution >= 0.6 is 0 Å². The van der Waals surface area contributed by atoms with E-state index < -0.39 is 6.10 Å². The second-order valence-electron chi connectivity index (χ2n) is 4.95. The number of hydrogen-bond donors (Lipinski definition) is 1. The van der Waals surface area contributed by atoms with E-state index in [0.717, 1.165) is 22.4 Å². The van der Waals surface area contributed by atoms with Gasteiger partial charge in [0.2, 0.25) is 0 Å². The second-order valence-corrected chi connectivity index (χ2v) is 4.95. The molecule has 0 aromatic heterocycles. The molecule has 2 rings (SSSR count). The Hall–Kier alpha value is -1.80. The van der Waals surface area contributed by atoms with E-state index in [-0.39, 0.29) is 0 Å². The number of hydrogen-bond acceptors (Lipinski definition) is 2. The summed E-state index contributed by atoms with van der Waals surface area (Å²) in [5, 5.41) is 9.79. The molecule has 0 bridgehead atoms. The zero-order valence-electron chi connectivity index (χ0n) is 11.7. The van der Waals surface area contributed by atoms with Crippen LogP contribution in [-0.4, -0.2) is 5.11 Å². The van der Waals surface area contributed by atoms with Crippen molar-refractivity contribution in [3.05, 3.63) is 64.7 Å². The Morgan fingerprint density at radius 3 is 2.53 bits per heavy atom. The zero-order valence-corrected chi connectivity index (χ0v) is 11.7. The molecule has 2 nitrogen and oxygen atoms in total. The molecule has 0 spiro atoms. The molecule has 0 aliphatic heterocycles. The molecular formula is C17H20O2. The maximum absolute atomic E-state index is 9.79. The molecule has 0 radical (unpaired) electrons. The van der Waals surface area contributed by atoms with Crippen molar-refractivity contribution in [2.75, 3.05) is 0 Å². The Balaban J connectivity index is 2.19. The number of rotatable bonds is 4. The summed E-state index contributed by atoms with van der Waals surface area (Å²) in [4.78, 5) is 0. The van der Waals surface area contributed by atoms with E-state index in [1.807, 2.05) is 37.3 Å². The number of para-hydroxylation sites is 1. The van der Waals surface area contributed by atoms with Gasteiger partial charge in [0, 0.05) is 5.56 Å². The van der Waals surface area contributed by atoms with Gasteiger partial charge in [-0.1, -0.05) is 48.0 Å².